The van der Waals surface area contributed by atoms with E-state index in [2.05, 4.69) is 0 Å². The van der Waals surface area contributed by atoms with E-state index in [1.54, 1.807) is 31.2 Å². The van der Waals surface area contributed by atoms with Crippen molar-refractivity contribution in [2.24, 2.45) is 5.92 Å². The summed E-state index contributed by atoms with van der Waals surface area (Å²) in [6.07, 6.45) is 9.07. The van der Waals surface area contributed by atoms with Gasteiger partial charge in [-0.15, -0.1) is 0 Å². The number of carbonyl (C=O) groups excluding carboxylic acids is 1. The molecule has 5 heteroatoms. The monoisotopic (exact) mass is 362 g/mol. The number of benzene rings is 1. The molecule has 0 heterocycles. The normalized spacial score (nSPS) is 19.6. The minimum atomic E-state index is -3.23. The molecule has 2 fully saturated rings. The van der Waals surface area contributed by atoms with Crippen molar-refractivity contribution in [2.45, 2.75) is 62.0 Å². The Kier molecular flexibility index (Phi) is 5.62. The second-order valence-electron chi connectivity index (χ2n) is 6.97. The van der Waals surface area contributed by atoms with Crippen LogP contribution in [0.5, 0.6) is 0 Å². The first kappa shape index (κ1) is 18.2. The minimum Gasteiger partial charge on any atom is -0.462 e. The SMILES string of the molecule is CCOC(=O)C(=CC1CCCC1)c1ccc(S(=O)(=O)C2CCC2)cc1. The van der Waals surface area contributed by atoms with Crippen LogP contribution in [0.1, 0.15) is 57.4 Å². The standard InChI is InChI=1S/C20H26O4S/c1-2-24-20(21)19(14-15-6-3-4-7-15)16-10-12-18(13-11-16)25(22,23)17-8-5-9-17/h10-15,17H,2-9H2,1H3. The molecule has 0 amide bonds. The molecule has 136 valence electrons. The van der Waals surface area contributed by atoms with Gasteiger partial charge in [-0.3, -0.25) is 0 Å². The molecule has 25 heavy (non-hydrogen) atoms. The minimum absolute atomic E-state index is 0.239. The first-order valence-electron chi connectivity index (χ1n) is 9.25. The highest BCUT2D eigenvalue weighted by atomic mass is 32.2. The van der Waals surface area contributed by atoms with Crippen molar-refractivity contribution in [1.29, 1.82) is 0 Å². The molecule has 0 atom stereocenters. The van der Waals surface area contributed by atoms with Crippen molar-refractivity contribution in [2.75, 3.05) is 6.61 Å². The number of carbonyl (C=O) groups is 1. The lowest BCUT2D eigenvalue weighted by molar-refractivity contribution is -0.136. The Bertz CT molecular complexity index is 736. The van der Waals surface area contributed by atoms with Crippen LogP contribution in [0.15, 0.2) is 35.2 Å². The van der Waals surface area contributed by atoms with Crippen LogP contribution in [0.4, 0.5) is 0 Å². The van der Waals surface area contributed by atoms with Crippen LogP contribution in [0.25, 0.3) is 5.57 Å². The zero-order valence-corrected chi connectivity index (χ0v) is 15.6. The van der Waals surface area contributed by atoms with Crippen LogP contribution < -0.4 is 0 Å². The van der Waals surface area contributed by atoms with E-state index in [0.717, 1.165) is 37.7 Å². The zero-order chi connectivity index (χ0) is 17.9. The highest BCUT2D eigenvalue weighted by Crippen LogP contribution is 2.33. The number of allylic oxidation sites excluding steroid dienone is 1. The van der Waals surface area contributed by atoms with E-state index >= 15 is 0 Å². The molecule has 0 unspecified atom stereocenters. The summed E-state index contributed by atoms with van der Waals surface area (Å²) in [6.45, 7) is 2.12. The predicted molar refractivity (Wildman–Crippen MR) is 97.8 cm³/mol. The number of esters is 1. The molecule has 0 N–H and O–H groups in total. The smallest absolute Gasteiger partial charge is 0.338 e. The molecule has 0 saturated heterocycles. The second kappa shape index (κ2) is 7.73. The molecular weight excluding hydrogens is 336 g/mol. The Balaban J connectivity index is 1.87. The Morgan fingerprint density at radius 2 is 1.72 bits per heavy atom. The molecule has 2 aliphatic carbocycles. The van der Waals surface area contributed by atoms with Crippen LogP contribution in [-0.4, -0.2) is 26.2 Å². The molecule has 3 rings (SSSR count). The molecule has 0 bridgehead atoms. The molecule has 0 aliphatic heterocycles. The maximum Gasteiger partial charge on any atom is 0.338 e. The van der Waals surface area contributed by atoms with Gasteiger partial charge in [0.25, 0.3) is 0 Å². The van der Waals surface area contributed by atoms with E-state index in [-0.39, 0.29) is 11.2 Å². The van der Waals surface area contributed by atoms with E-state index in [1.807, 2.05) is 6.08 Å². The average Bonchev–Trinajstić information content (AvgIpc) is 3.04. The fourth-order valence-electron chi connectivity index (χ4n) is 3.55. The molecule has 1 aromatic rings. The van der Waals surface area contributed by atoms with Crippen molar-refractivity contribution in [3.63, 3.8) is 0 Å². The molecule has 4 nitrogen and oxygen atoms in total. The summed E-state index contributed by atoms with van der Waals surface area (Å²) in [6, 6.07) is 6.74. The first-order chi connectivity index (χ1) is 12.0. The molecule has 1 aromatic carbocycles. The Morgan fingerprint density at radius 1 is 1.08 bits per heavy atom. The molecule has 0 radical (unpaired) electrons. The van der Waals surface area contributed by atoms with E-state index in [1.165, 1.54) is 12.8 Å². The van der Waals surface area contributed by atoms with E-state index in [4.69, 9.17) is 4.74 Å². The van der Waals surface area contributed by atoms with E-state index in [0.29, 0.717) is 23.0 Å². The summed E-state index contributed by atoms with van der Waals surface area (Å²) < 4.78 is 30.2. The molecule has 0 spiro atoms. The van der Waals surface area contributed by atoms with Gasteiger partial charge in [-0.1, -0.05) is 37.5 Å². The first-order valence-corrected chi connectivity index (χ1v) is 10.8. The summed E-state index contributed by atoms with van der Waals surface area (Å²) in [5.41, 5.74) is 1.29. The summed E-state index contributed by atoms with van der Waals surface area (Å²) in [5.74, 6) is 0.0711. The van der Waals surface area contributed by atoms with Gasteiger partial charge in [-0.05, 0) is 56.2 Å². The number of hydrogen-bond acceptors (Lipinski definition) is 4. The second-order valence-corrected chi connectivity index (χ2v) is 9.20. The van der Waals surface area contributed by atoms with E-state index < -0.39 is 9.84 Å². The lowest BCUT2D eigenvalue weighted by Crippen LogP contribution is -2.28. The van der Waals surface area contributed by atoms with Crippen LogP contribution in [0.3, 0.4) is 0 Å². The lowest BCUT2D eigenvalue weighted by Gasteiger charge is -2.25. The number of ether oxygens (including phenoxy) is 1. The zero-order valence-electron chi connectivity index (χ0n) is 14.7. The Labute approximate surface area is 150 Å². The summed E-state index contributed by atoms with van der Waals surface area (Å²) in [5, 5.41) is -0.239. The van der Waals surface area contributed by atoms with Gasteiger partial charge < -0.3 is 4.74 Å². The number of rotatable bonds is 6. The Morgan fingerprint density at radius 3 is 2.24 bits per heavy atom. The van der Waals surface area contributed by atoms with Gasteiger partial charge in [0.2, 0.25) is 0 Å². The van der Waals surface area contributed by atoms with Gasteiger partial charge >= 0.3 is 5.97 Å². The summed E-state index contributed by atoms with van der Waals surface area (Å²) in [4.78, 5) is 12.7. The van der Waals surface area contributed by atoms with Crippen molar-refractivity contribution in [1.82, 2.24) is 0 Å². The van der Waals surface area contributed by atoms with Crippen LogP contribution in [0, 0.1) is 5.92 Å². The third-order valence-corrected chi connectivity index (χ3v) is 7.56. The molecule has 0 aromatic heterocycles. The van der Waals surface area contributed by atoms with Crippen LogP contribution in [0.2, 0.25) is 0 Å². The summed E-state index contributed by atoms with van der Waals surface area (Å²) >= 11 is 0. The summed E-state index contributed by atoms with van der Waals surface area (Å²) in [7, 11) is -3.23. The lowest BCUT2D eigenvalue weighted by atomic mass is 9.99. The van der Waals surface area contributed by atoms with Crippen LogP contribution in [-0.2, 0) is 19.4 Å². The van der Waals surface area contributed by atoms with Crippen LogP contribution >= 0.6 is 0 Å². The maximum atomic E-state index is 12.5. The fraction of sp³-hybridized carbons (Fsp3) is 0.550. The molecular formula is C20H26O4S. The molecule has 2 aliphatic rings. The van der Waals surface area contributed by atoms with Gasteiger partial charge in [0.05, 0.1) is 22.3 Å². The predicted octanol–water partition coefficient (Wildman–Crippen LogP) is 4.15. The largest absolute Gasteiger partial charge is 0.462 e. The van der Waals surface area contributed by atoms with Crippen molar-refractivity contribution < 1.29 is 17.9 Å². The number of hydrogen-bond donors (Lipinski definition) is 0. The maximum absolute atomic E-state index is 12.5. The highest BCUT2D eigenvalue weighted by Gasteiger charge is 2.32. The topological polar surface area (TPSA) is 60.4 Å². The van der Waals surface area contributed by atoms with Gasteiger partial charge in [0.15, 0.2) is 9.84 Å². The molecule has 2 saturated carbocycles. The van der Waals surface area contributed by atoms with Crippen molar-refractivity contribution >= 4 is 21.4 Å². The third kappa shape index (κ3) is 3.97. The van der Waals surface area contributed by atoms with Gasteiger partial charge in [-0.2, -0.15) is 0 Å². The third-order valence-electron chi connectivity index (χ3n) is 5.28. The van der Waals surface area contributed by atoms with Gasteiger partial charge in [-0.25, -0.2) is 13.2 Å². The fourth-order valence-corrected chi connectivity index (χ4v) is 5.40. The highest BCUT2D eigenvalue weighted by molar-refractivity contribution is 7.92. The van der Waals surface area contributed by atoms with Crippen molar-refractivity contribution in [3.8, 4) is 0 Å². The van der Waals surface area contributed by atoms with E-state index in [9.17, 15) is 13.2 Å². The Hall–Kier alpha value is -1.62. The number of sulfone groups is 1. The van der Waals surface area contributed by atoms with Crippen molar-refractivity contribution in [3.05, 3.63) is 35.9 Å². The van der Waals surface area contributed by atoms with Gasteiger partial charge in [0, 0.05) is 0 Å². The van der Waals surface area contributed by atoms with Gasteiger partial charge in [0.1, 0.15) is 0 Å². The quantitative estimate of drug-likeness (QED) is 0.563. The average molecular weight is 362 g/mol.